The zero-order valence-electron chi connectivity index (χ0n) is 11.6. The normalized spacial score (nSPS) is 10.2. The summed E-state index contributed by atoms with van der Waals surface area (Å²) in [6.07, 6.45) is 0.387. The Bertz CT molecular complexity index is 304. The van der Waals surface area contributed by atoms with Crippen molar-refractivity contribution in [3.63, 3.8) is 0 Å². The molecule has 106 valence electrons. The summed E-state index contributed by atoms with van der Waals surface area (Å²) in [5.41, 5.74) is 0.505. The van der Waals surface area contributed by atoms with Gasteiger partial charge in [0.25, 0.3) is 0 Å². The molecule has 0 rings (SSSR count). The Labute approximate surface area is 115 Å². The van der Waals surface area contributed by atoms with Crippen LogP contribution in [0.25, 0.3) is 0 Å². The van der Waals surface area contributed by atoms with E-state index in [-0.39, 0.29) is 24.3 Å². The van der Waals surface area contributed by atoms with Crippen molar-refractivity contribution in [1.82, 2.24) is 5.32 Å². The van der Waals surface area contributed by atoms with Crippen LogP contribution in [0.15, 0.2) is 12.2 Å². The molecule has 6 heteroatoms. The maximum absolute atomic E-state index is 11.2. The highest BCUT2D eigenvalue weighted by Crippen LogP contribution is 1.99. The summed E-state index contributed by atoms with van der Waals surface area (Å²) in [7, 11) is 5.40. The number of amides is 1. The van der Waals surface area contributed by atoms with Crippen molar-refractivity contribution in [1.29, 1.82) is 0 Å². The molecule has 0 aromatic carbocycles. The van der Waals surface area contributed by atoms with Crippen LogP contribution < -0.4 is 17.7 Å². The van der Waals surface area contributed by atoms with Gasteiger partial charge in [-0.3, -0.25) is 9.59 Å². The molecule has 5 nitrogen and oxygen atoms in total. The van der Waals surface area contributed by atoms with Crippen LogP contribution in [0.3, 0.4) is 0 Å². The molecule has 0 fully saturated rings. The van der Waals surface area contributed by atoms with Gasteiger partial charge < -0.3 is 26.9 Å². The number of carbonyl (C=O) groups excluding carboxylic acids is 2. The Balaban J connectivity index is 0. The predicted molar refractivity (Wildman–Crippen MR) is 66.3 cm³/mol. The van der Waals surface area contributed by atoms with Crippen LogP contribution in [-0.2, 0) is 14.3 Å². The summed E-state index contributed by atoms with van der Waals surface area (Å²) < 4.78 is 5.25. The van der Waals surface area contributed by atoms with Crippen molar-refractivity contribution in [2.24, 2.45) is 0 Å². The van der Waals surface area contributed by atoms with Gasteiger partial charge in [-0.1, -0.05) is 6.58 Å². The van der Waals surface area contributed by atoms with Crippen molar-refractivity contribution >= 4 is 11.9 Å². The number of hydrogen-bond acceptors (Lipinski definition) is 3. The Hall–Kier alpha value is -1.07. The van der Waals surface area contributed by atoms with Gasteiger partial charge in [-0.25, -0.2) is 0 Å². The van der Waals surface area contributed by atoms with Crippen LogP contribution in [0.1, 0.15) is 13.3 Å². The summed E-state index contributed by atoms with van der Waals surface area (Å²) in [6.45, 7) is 7.25. The van der Waals surface area contributed by atoms with Crippen molar-refractivity contribution in [3.05, 3.63) is 12.2 Å². The Morgan fingerprint density at radius 1 is 1.28 bits per heavy atom. The van der Waals surface area contributed by atoms with Gasteiger partial charge in [0.15, 0.2) is 0 Å². The quantitative estimate of drug-likeness (QED) is 0.314. The fraction of sp³-hybridized carbons (Fsp3) is 0.667. The Morgan fingerprint density at radius 3 is 2.28 bits per heavy atom. The number of ether oxygens (including phenoxy) is 1. The minimum atomic E-state index is -0.206. The minimum Gasteiger partial charge on any atom is -1.00 e. The highest BCUT2D eigenvalue weighted by atomic mass is 35.5. The van der Waals surface area contributed by atoms with Gasteiger partial charge in [0.05, 0.1) is 47.3 Å². The zero-order valence-corrected chi connectivity index (χ0v) is 12.3. The molecule has 0 unspecified atom stereocenters. The lowest BCUT2D eigenvalue weighted by Gasteiger charge is -2.29. The second-order valence-corrected chi connectivity index (χ2v) is 4.75. The number of esters is 1. The van der Waals surface area contributed by atoms with Crippen LogP contribution in [0.5, 0.6) is 0 Å². The molecule has 0 aromatic heterocycles. The van der Waals surface area contributed by atoms with Gasteiger partial charge in [0.1, 0.15) is 0 Å². The second kappa shape index (κ2) is 8.94. The SMILES string of the molecule is C=C(C)C(=O)NCC[N+](C)(C)CCC(=O)OC.[Cl-]. The smallest absolute Gasteiger partial charge is 0.311 e. The fourth-order valence-corrected chi connectivity index (χ4v) is 1.23. The number of methoxy groups -OCH3 is 1. The van der Waals surface area contributed by atoms with Gasteiger partial charge in [0.2, 0.25) is 5.91 Å². The lowest BCUT2D eigenvalue weighted by atomic mass is 10.3. The number of likely N-dealkylation sites (N-methyl/N-ethyl adjacent to an activating group) is 1. The lowest BCUT2D eigenvalue weighted by molar-refractivity contribution is -0.888. The molecule has 1 amide bonds. The molecule has 0 spiro atoms. The van der Waals surface area contributed by atoms with Crippen LogP contribution in [0.4, 0.5) is 0 Å². The van der Waals surface area contributed by atoms with E-state index in [0.717, 1.165) is 6.54 Å². The first kappa shape index (κ1) is 19.3. The minimum absolute atomic E-state index is 0. The van der Waals surface area contributed by atoms with E-state index in [1.54, 1.807) is 6.92 Å². The van der Waals surface area contributed by atoms with E-state index in [2.05, 4.69) is 16.6 Å². The third-order valence-corrected chi connectivity index (χ3v) is 2.54. The molecule has 0 aromatic rings. The highest BCUT2D eigenvalue weighted by Gasteiger charge is 2.17. The number of nitrogens with one attached hydrogen (secondary N) is 1. The molecule has 0 bridgehead atoms. The van der Waals surface area contributed by atoms with Crippen LogP contribution in [0, 0.1) is 0 Å². The van der Waals surface area contributed by atoms with E-state index in [0.29, 0.717) is 29.6 Å². The largest absolute Gasteiger partial charge is 1.00 e. The van der Waals surface area contributed by atoms with E-state index in [4.69, 9.17) is 0 Å². The number of halogens is 1. The van der Waals surface area contributed by atoms with E-state index >= 15 is 0 Å². The molecule has 0 aliphatic carbocycles. The fourth-order valence-electron chi connectivity index (χ4n) is 1.23. The monoisotopic (exact) mass is 278 g/mol. The molecule has 0 aliphatic rings. The van der Waals surface area contributed by atoms with Crippen molar-refractivity contribution in [3.8, 4) is 0 Å². The van der Waals surface area contributed by atoms with Gasteiger partial charge in [-0.15, -0.1) is 0 Å². The van der Waals surface area contributed by atoms with Gasteiger partial charge >= 0.3 is 5.97 Å². The molecule has 1 N–H and O–H groups in total. The van der Waals surface area contributed by atoms with Crippen LogP contribution >= 0.6 is 0 Å². The molecule has 0 radical (unpaired) electrons. The van der Waals surface area contributed by atoms with Crippen LogP contribution in [-0.4, -0.2) is 57.2 Å². The summed E-state index contributed by atoms with van der Waals surface area (Å²) in [6, 6.07) is 0. The van der Waals surface area contributed by atoms with E-state index in [1.165, 1.54) is 7.11 Å². The number of nitrogens with zero attached hydrogens (tertiary/aromatic N) is 1. The average molecular weight is 279 g/mol. The summed E-state index contributed by atoms with van der Waals surface area (Å²) >= 11 is 0. The predicted octanol–water partition coefficient (Wildman–Crippen LogP) is -2.68. The maximum atomic E-state index is 11.2. The van der Waals surface area contributed by atoms with E-state index in [9.17, 15) is 9.59 Å². The van der Waals surface area contributed by atoms with E-state index < -0.39 is 0 Å². The van der Waals surface area contributed by atoms with Crippen LogP contribution in [0.2, 0.25) is 0 Å². The second-order valence-electron chi connectivity index (χ2n) is 4.75. The summed E-state index contributed by atoms with van der Waals surface area (Å²) in [4.78, 5) is 22.3. The van der Waals surface area contributed by atoms with Crippen molar-refractivity contribution < 1.29 is 31.2 Å². The maximum Gasteiger partial charge on any atom is 0.311 e. The first-order chi connectivity index (χ1) is 7.78. The topological polar surface area (TPSA) is 55.4 Å². The van der Waals surface area contributed by atoms with Gasteiger partial charge in [-0.2, -0.15) is 0 Å². The first-order valence-corrected chi connectivity index (χ1v) is 5.61. The number of hydrogen-bond donors (Lipinski definition) is 1. The summed E-state index contributed by atoms with van der Waals surface area (Å²) in [5, 5.41) is 2.77. The summed E-state index contributed by atoms with van der Waals surface area (Å²) in [5.74, 6) is -0.333. The standard InChI is InChI=1S/C12H22N2O3.ClH/c1-10(2)12(16)13-7-9-14(3,4)8-6-11(15)17-5;/h1,6-9H2,2-5H3;1H. The first-order valence-electron chi connectivity index (χ1n) is 5.61. The number of carbonyl (C=O) groups is 2. The van der Waals surface area contributed by atoms with E-state index in [1.807, 2.05) is 14.1 Å². The number of quaternary nitrogens is 1. The molecule has 0 saturated carbocycles. The molecule has 0 atom stereocenters. The molecule has 0 saturated heterocycles. The van der Waals surface area contributed by atoms with Gasteiger partial charge in [0, 0.05) is 5.57 Å². The zero-order chi connectivity index (χ0) is 13.5. The number of rotatable bonds is 7. The lowest BCUT2D eigenvalue weighted by Crippen LogP contribution is -3.00. The molecule has 0 aliphatic heterocycles. The molecular weight excluding hydrogens is 256 g/mol. The Kier molecular flexibility index (Phi) is 9.57. The average Bonchev–Trinajstić information content (AvgIpc) is 2.25. The highest BCUT2D eigenvalue weighted by molar-refractivity contribution is 5.92. The molecular formula is C12H23ClN2O3. The molecule has 0 heterocycles. The third-order valence-electron chi connectivity index (χ3n) is 2.54. The molecule has 18 heavy (non-hydrogen) atoms. The van der Waals surface area contributed by atoms with Crippen molar-refractivity contribution in [2.45, 2.75) is 13.3 Å². The van der Waals surface area contributed by atoms with Gasteiger partial charge in [-0.05, 0) is 6.92 Å². The third kappa shape index (κ3) is 9.01. The van der Waals surface area contributed by atoms with Crippen molar-refractivity contribution in [2.75, 3.05) is 40.8 Å². The Morgan fingerprint density at radius 2 is 1.83 bits per heavy atom.